The molecule has 0 saturated heterocycles. The first-order chi connectivity index (χ1) is 10.7. The molecular weight excluding hydrogens is 294 g/mol. The van der Waals surface area contributed by atoms with Gasteiger partial charge in [0.2, 0.25) is 0 Å². The van der Waals surface area contributed by atoms with Gasteiger partial charge in [-0.25, -0.2) is 0 Å². The Balaban J connectivity index is 2.57. The third-order valence-corrected chi connectivity index (χ3v) is 4.19. The zero-order valence-corrected chi connectivity index (χ0v) is 14.9. The van der Waals surface area contributed by atoms with Crippen LogP contribution in [0.3, 0.4) is 0 Å². The van der Waals surface area contributed by atoms with E-state index >= 15 is 0 Å². The molecule has 0 unspecified atom stereocenters. The van der Waals surface area contributed by atoms with E-state index in [0.717, 1.165) is 31.5 Å². The summed E-state index contributed by atoms with van der Waals surface area (Å²) in [5, 5.41) is 0.675. The lowest BCUT2D eigenvalue weighted by Gasteiger charge is -2.23. The Morgan fingerprint density at radius 1 is 0.864 bits per heavy atom. The quantitative estimate of drug-likeness (QED) is 0.461. The Bertz CT molecular complexity index is 404. The Kier molecular flexibility index (Phi) is 9.98. The van der Waals surface area contributed by atoms with E-state index in [-0.39, 0.29) is 5.91 Å². The van der Waals surface area contributed by atoms with E-state index in [0.29, 0.717) is 5.02 Å². The van der Waals surface area contributed by atoms with Gasteiger partial charge in [-0.2, -0.15) is 0 Å². The van der Waals surface area contributed by atoms with Crippen LogP contribution in [0.15, 0.2) is 24.3 Å². The summed E-state index contributed by atoms with van der Waals surface area (Å²) in [6.45, 7) is 6.16. The molecule has 0 saturated carbocycles. The number of benzene rings is 1. The molecule has 0 N–H and O–H groups in total. The second-order valence-corrected chi connectivity index (χ2v) is 6.36. The maximum absolute atomic E-state index is 12.7. The van der Waals surface area contributed by atoms with Gasteiger partial charge in [0.05, 0.1) is 0 Å². The van der Waals surface area contributed by atoms with Crippen LogP contribution in [0.2, 0.25) is 5.02 Å². The predicted molar refractivity (Wildman–Crippen MR) is 95.6 cm³/mol. The third-order valence-electron chi connectivity index (χ3n) is 3.94. The van der Waals surface area contributed by atoms with Gasteiger partial charge < -0.3 is 4.90 Å². The molecule has 0 fully saturated rings. The molecule has 2 nitrogen and oxygen atoms in total. The number of halogens is 1. The van der Waals surface area contributed by atoms with E-state index in [1.165, 1.54) is 38.5 Å². The largest absolute Gasteiger partial charge is 0.339 e. The molecule has 0 aromatic heterocycles. The van der Waals surface area contributed by atoms with E-state index in [1.807, 2.05) is 17.0 Å². The van der Waals surface area contributed by atoms with Crippen molar-refractivity contribution in [2.75, 3.05) is 13.1 Å². The molecule has 0 atom stereocenters. The molecule has 1 amide bonds. The van der Waals surface area contributed by atoms with Crippen LogP contribution in [0.5, 0.6) is 0 Å². The van der Waals surface area contributed by atoms with Crippen LogP contribution in [0, 0.1) is 0 Å². The molecule has 1 rings (SSSR count). The first kappa shape index (κ1) is 19.0. The number of amides is 1. The minimum Gasteiger partial charge on any atom is -0.339 e. The molecule has 22 heavy (non-hydrogen) atoms. The highest BCUT2D eigenvalue weighted by Gasteiger charge is 2.14. The minimum absolute atomic E-state index is 0.143. The number of hydrogen-bond donors (Lipinski definition) is 0. The molecule has 1 aromatic carbocycles. The normalized spacial score (nSPS) is 10.7. The summed E-state index contributed by atoms with van der Waals surface area (Å²) >= 11 is 5.91. The molecule has 3 heteroatoms. The highest BCUT2D eigenvalue weighted by molar-refractivity contribution is 6.30. The molecule has 0 aliphatic rings. The summed E-state index contributed by atoms with van der Waals surface area (Å²) in [6, 6.07) is 7.24. The number of rotatable bonds is 11. The summed E-state index contributed by atoms with van der Waals surface area (Å²) in [5.74, 6) is 0.143. The van der Waals surface area contributed by atoms with Crippen molar-refractivity contribution in [1.29, 1.82) is 0 Å². The van der Waals surface area contributed by atoms with Crippen molar-refractivity contribution in [2.45, 2.75) is 65.2 Å². The third kappa shape index (κ3) is 7.31. The van der Waals surface area contributed by atoms with Crippen LogP contribution in [0.4, 0.5) is 0 Å². The molecule has 0 aliphatic heterocycles. The van der Waals surface area contributed by atoms with Gasteiger partial charge in [0.15, 0.2) is 0 Å². The van der Waals surface area contributed by atoms with Crippen molar-refractivity contribution < 1.29 is 4.79 Å². The summed E-state index contributed by atoms with van der Waals surface area (Å²) < 4.78 is 0. The van der Waals surface area contributed by atoms with Crippen molar-refractivity contribution >= 4 is 17.5 Å². The van der Waals surface area contributed by atoms with Gasteiger partial charge in [0.1, 0.15) is 0 Å². The zero-order valence-electron chi connectivity index (χ0n) is 14.1. The van der Waals surface area contributed by atoms with Crippen molar-refractivity contribution in [2.24, 2.45) is 0 Å². The van der Waals surface area contributed by atoms with E-state index < -0.39 is 0 Å². The molecule has 0 bridgehead atoms. The van der Waals surface area contributed by atoms with Gasteiger partial charge in [-0.3, -0.25) is 4.79 Å². The number of hydrogen-bond acceptors (Lipinski definition) is 1. The van der Waals surface area contributed by atoms with E-state index in [1.54, 1.807) is 12.1 Å². The first-order valence-corrected chi connectivity index (χ1v) is 9.11. The topological polar surface area (TPSA) is 20.3 Å². The lowest BCUT2D eigenvalue weighted by atomic mass is 10.1. The summed E-state index contributed by atoms with van der Waals surface area (Å²) in [5.41, 5.74) is 0.746. The lowest BCUT2D eigenvalue weighted by molar-refractivity contribution is 0.0749. The van der Waals surface area contributed by atoms with Crippen LogP contribution < -0.4 is 0 Å². The summed E-state index contributed by atoms with van der Waals surface area (Å²) in [4.78, 5) is 14.7. The monoisotopic (exact) mass is 323 g/mol. The van der Waals surface area contributed by atoms with E-state index in [2.05, 4.69) is 13.8 Å². The average molecular weight is 324 g/mol. The fourth-order valence-corrected chi connectivity index (χ4v) is 2.67. The molecule has 0 spiro atoms. The average Bonchev–Trinajstić information content (AvgIpc) is 2.53. The van der Waals surface area contributed by atoms with Gasteiger partial charge >= 0.3 is 0 Å². The zero-order chi connectivity index (χ0) is 16.2. The highest BCUT2D eigenvalue weighted by Crippen LogP contribution is 2.13. The van der Waals surface area contributed by atoms with Crippen molar-refractivity contribution in [3.8, 4) is 0 Å². The Morgan fingerprint density at radius 3 is 1.82 bits per heavy atom. The molecule has 124 valence electrons. The SMILES string of the molecule is CCCCCCN(CCCCCC)C(=O)c1ccc(Cl)cc1. The Hall–Kier alpha value is -1.02. The van der Waals surface area contributed by atoms with Crippen LogP contribution in [0.1, 0.15) is 75.6 Å². The highest BCUT2D eigenvalue weighted by atomic mass is 35.5. The summed E-state index contributed by atoms with van der Waals surface area (Å²) in [7, 11) is 0. The number of carbonyl (C=O) groups excluding carboxylic acids is 1. The Morgan fingerprint density at radius 2 is 1.36 bits per heavy atom. The van der Waals surface area contributed by atoms with E-state index in [9.17, 15) is 4.79 Å². The summed E-state index contributed by atoms with van der Waals surface area (Å²) in [6.07, 6.45) is 9.55. The molecule has 0 heterocycles. The lowest BCUT2D eigenvalue weighted by Crippen LogP contribution is -2.33. The first-order valence-electron chi connectivity index (χ1n) is 8.73. The molecular formula is C19H30ClNO. The van der Waals surface area contributed by atoms with Gasteiger partial charge in [-0.05, 0) is 37.1 Å². The second-order valence-electron chi connectivity index (χ2n) is 5.92. The maximum atomic E-state index is 12.7. The van der Waals surface area contributed by atoms with E-state index in [4.69, 9.17) is 11.6 Å². The van der Waals surface area contributed by atoms with Crippen molar-refractivity contribution in [1.82, 2.24) is 4.90 Å². The Labute approximate surface area is 140 Å². The molecule has 0 aliphatic carbocycles. The molecule has 0 radical (unpaired) electrons. The second kappa shape index (κ2) is 11.5. The fourth-order valence-electron chi connectivity index (χ4n) is 2.55. The minimum atomic E-state index is 0.143. The van der Waals surface area contributed by atoms with Crippen LogP contribution in [-0.4, -0.2) is 23.9 Å². The standard InChI is InChI=1S/C19H30ClNO/c1-3-5-7-9-15-21(16-10-8-6-4-2)19(22)17-11-13-18(20)14-12-17/h11-14H,3-10,15-16H2,1-2H3. The number of carbonyl (C=O) groups is 1. The van der Waals surface area contributed by atoms with Gasteiger partial charge in [0.25, 0.3) is 5.91 Å². The fraction of sp³-hybridized carbons (Fsp3) is 0.632. The maximum Gasteiger partial charge on any atom is 0.253 e. The van der Waals surface area contributed by atoms with Crippen molar-refractivity contribution in [3.63, 3.8) is 0 Å². The van der Waals surface area contributed by atoms with Gasteiger partial charge in [-0.1, -0.05) is 64.0 Å². The van der Waals surface area contributed by atoms with Crippen LogP contribution >= 0.6 is 11.6 Å². The van der Waals surface area contributed by atoms with Crippen LogP contribution in [-0.2, 0) is 0 Å². The van der Waals surface area contributed by atoms with Crippen molar-refractivity contribution in [3.05, 3.63) is 34.9 Å². The number of nitrogens with zero attached hydrogens (tertiary/aromatic N) is 1. The van der Waals surface area contributed by atoms with Crippen LogP contribution in [0.25, 0.3) is 0 Å². The van der Waals surface area contributed by atoms with Gasteiger partial charge in [-0.15, -0.1) is 0 Å². The van der Waals surface area contributed by atoms with Gasteiger partial charge in [0, 0.05) is 23.7 Å². The predicted octanol–water partition coefficient (Wildman–Crippen LogP) is 5.94. The molecule has 1 aromatic rings. The smallest absolute Gasteiger partial charge is 0.253 e. The number of unbranched alkanes of at least 4 members (excludes halogenated alkanes) is 6.